The lowest BCUT2D eigenvalue weighted by molar-refractivity contribution is 0.0898. The Kier molecular flexibility index (Phi) is 4.09. The van der Waals surface area contributed by atoms with E-state index in [1.54, 1.807) is 19.2 Å². The Morgan fingerprint density at radius 1 is 1.17 bits per heavy atom. The van der Waals surface area contributed by atoms with Gasteiger partial charge in [-0.1, -0.05) is 23.7 Å². The molecule has 7 nitrogen and oxygen atoms in total. The maximum atomic E-state index is 13.1. The highest BCUT2D eigenvalue weighted by molar-refractivity contribution is 6.29. The number of nitrogens with one attached hydrogen (secondary N) is 1. The number of nitriles is 1. The highest BCUT2D eigenvalue weighted by atomic mass is 35.5. The van der Waals surface area contributed by atoms with Crippen LogP contribution in [0, 0.1) is 11.3 Å². The normalized spacial score (nSPS) is 17.1. The van der Waals surface area contributed by atoms with E-state index in [1.165, 1.54) is 4.57 Å². The standard InChI is InChI=1S/C22H18ClN5O2/c1-27-16-6-7-17(23)25-18(16)19(14(12-24)21(27)30)28-10-8-22(9-11-28)20(29)13-4-2-3-5-15(13)26-22/h2-7,26H,8-11H2,1H3. The zero-order valence-electron chi connectivity index (χ0n) is 16.3. The summed E-state index contributed by atoms with van der Waals surface area (Å²) in [4.78, 5) is 32.3. The summed E-state index contributed by atoms with van der Waals surface area (Å²) in [6, 6.07) is 13.0. The van der Waals surface area contributed by atoms with E-state index in [0.717, 1.165) is 11.3 Å². The lowest BCUT2D eigenvalue weighted by Gasteiger charge is -2.40. The Morgan fingerprint density at radius 2 is 1.90 bits per heavy atom. The number of benzene rings is 1. The fourth-order valence-corrected chi connectivity index (χ4v) is 4.75. The van der Waals surface area contributed by atoms with Gasteiger partial charge in [0.25, 0.3) is 5.56 Å². The number of aryl methyl sites for hydroxylation is 1. The van der Waals surface area contributed by atoms with Crippen molar-refractivity contribution in [1.82, 2.24) is 9.55 Å². The molecule has 2 aliphatic heterocycles. The minimum absolute atomic E-state index is 0.0460. The van der Waals surface area contributed by atoms with Gasteiger partial charge in [-0.2, -0.15) is 5.26 Å². The van der Waals surface area contributed by atoms with Crippen LogP contribution in [0.1, 0.15) is 28.8 Å². The highest BCUT2D eigenvalue weighted by Crippen LogP contribution is 2.40. The molecular formula is C22H18ClN5O2. The Hall–Kier alpha value is -3.37. The van der Waals surface area contributed by atoms with E-state index in [9.17, 15) is 14.9 Å². The molecule has 0 amide bonds. The molecule has 1 N–H and O–H groups in total. The predicted octanol–water partition coefficient (Wildman–Crippen LogP) is 3.11. The molecule has 8 heteroatoms. The van der Waals surface area contributed by atoms with Crippen LogP contribution in [0.2, 0.25) is 5.15 Å². The van der Waals surface area contributed by atoms with E-state index in [1.807, 2.05) is 29.2 Å². The topological polar surface area (TPSA) is 91.0 Å². The fourth-order valence-electron chi connectivity index (χ4n) is 4.60. The minimum Gasteiger partial charge on any atom is -0.372 e. The summed E-state index contributed by atoms with van der Waals surface area (Å²) in [7, 11) is 1.62. The molecule has 0 aliphatic carbocycles. The molecule has 0 atom stereocenters. The molecule has 1 aromatic carbocycles. The van der Waals surface area contributed by atoms with Crippen molar-refractivity contribution in [2.24, 2.45) is 7.05 Å². The second-order valence-electron chi connectivity index (χ2n) is 7.77. The van der Waals surface area contributed by atoms with E-state index in [-0.39, 0.29) is 16.9 Å². The van der Waals surface area contributed by atoms with Gasteiger partial charge >= 0.3 is 0 Å². The third-order valence-electron chi connectivity index (χ3n) is 6.21. The van der Waals surface area contributed by atoms with Gasteiger partial charge in [0.15, 0.2) is 5.78 Å². The first-order chi connectivity index (χ1) is 14.4. The second kappa shape index (κ2) is 6.57. The van der Waals surface area contributed by atoms with Crippen LogP contribution in [-0.4, -0.2) is 34.0 Å². The quantitative estimate of drug-likeness (QED) is 0.609. The third kappa shape index (κ3) is 2.54. The predicted molar refractivity (Wildman–Crippen MR) is 115 cm³/mol. The lowest BCUT2D eigenvalue weighted by Crippen LogP contribution is -2.52. The highest BCUT2D eigenvalue weighted by Gasteiger charge is 2.47. The van der Waals surface area contributed by atoms with E-state index < -0.39 is 5.54 Å². The van der Waals surface area contributed by atoms with Crippen LogP contribution in [0.4, 0.5) is 11.4 Å². The number of nitrogens with zero attached hydrogens (tertiary/aromatic N) is 4. The van der Waals surface area contributed by atoms with Crippen molar-refractivity contribution in [2.45, 2.75) is 18.4 Å². The molecular weight excluding hydrogens is 402 g/mol. The van der Waals surface area contributed by atoms with Crippen molar-refractivity contribution in [2.75, 3.05) is 23.3 Å². The molecule has 1 fully saturated rings. The third-order valence-corrected chi connectivity index (χ3v) is 6.42. The summed E-state index contributed by atoms with van der Waals surface area (Å²) in [5.41, 5.74) is 2.24. The number of piperidine rings is 1. The van der Waals surface area contributed by atoms with Crippen molar-refractivity contribution < 1.29 is 4.79 Å². The van der Waals surface area contributed by atoms with Crippen molar-refractivity contribution in [3.8, 4) is 6.07 Å². The van der Waals surface area contributed by atoms with E-state index in [0.29, 0.717) is 47.8 Å². The first-order valence-corrected chi connectivity index (χ1v) is 10.1. The number of ketones is 1. The number of para-hydroxylation sites is 1. The van der Waals surface area contributed by atoms with E-state index in [2.05, 4.69) is 16.4 Å². The number of halogens is 1. The SMILES string of the molecule is Cn1c(=O)c(C#N)c(N2CCC3(CC2)Nc2ccccc2C3=O)c2nc(Cl)ccc21. The Morgan fingerprint density at radius 3 is 2.60 bits per heavy atom. The maximum Gasteiger partial charge on any atom is 0.270 e. The smallest absolute Gasteiger partial charge is 0.270 e. The summed E-state index contributed by atoms with van der Waals surface area (Å²) in [5.74, 6) is 0.105. The van der Waals surface area contributed by atoms with Crippen LogP contribution in [-0.2, 0) is 7.05 Å². The molecule has 30 heavy (non-hydrogen) atoms. The van der Waals surface area contributed by atoms with Gasteiger partial charge < -0.3 is 14.8 Å². The number of Topliss-reactive ketones (excluding diaryl/α,β-unsaturated/α-hetero) is 1. The average Bonchev–Trinajstić information content (AvgIpc) is 3.03. The zero-order valence-corrected chi connectivity index (χ0v) is 17.0. The number of anilines is 2. The summed E-state index contributed by atoms with van der Waals surface area (Å²) >= 11 is 6.13. The van der Waals surface area contributed by atoms with Crippen LogP contribution in [0.5, 0.6) is 0 Å². The van der Waals surface area contributed by atoms with Crippen molar-refractivity contribution in [3.05, 3.63) is 63.0 Å². The van der Waals surface area contributed by atoms with Gasteiger partial charge in [0.2, 0.25) is 0 Å². The number of rotatable bonds is 1. The largest absolute Gasteiger partial charge is 0.372 e. The van der Waals surface area contributed by atoms with Gasteiger partial charge in [0.05, 0.1) is 11.2 Å². The Balaban J connectivity index is 1.56. The summed E-state index contributed by atoms with van der Waals surface area (Å²) in [6.07, 6.45) is 1.12. The molecule has 0 saturated carbocycles. The number of hydrogen-bond acceptors (Lipinski definition) is 6. The van der Waals surface area contributed by atoms with Crippen LogP contribution in [0.15, 0.2) is 41.2 Å². The number of hydrogen-bond donors (Lipinski definition) is 1. The molecule has 0 radical (unpaired) electrons. The molecule has 150 valence electrons. The monoisotopic (exact) mass is 419 g/mol. The van der Waals surface area contributed by atoms with Crippen molar-refractivity contribution in [3.63, 3.8) is 0 Å². The van der Waals surface area contributed by atoms with Crippen LogP contribution < -0.4 is 15.8 Å². The van der Waals surface area contributed by atoms with Gasteiger partial charge in [-0.25, -0.2) is 4.98 Å². The summed E-state index contributed by atoms with van der Waals surface area (Å²) in [6.45, 7) is 1.02. The molecule has 2 aliphatic rings. The Bertz CT molecular complexity index is 1320. The van der Waals surface area contributed by atoms with Gasteiger partial charge in [-0.3, -0.25) is 9.59 Å². The van der Waals surface area contributed by atoms with Gasteiger partial charge in [-0.05, 0) is 37.1 Å². The Labute approximate surface area is 177 Å². The molecule has 5 rings (SSSR count). The molecule has 1 spiro atoms. The van der Waals surface area contributed by atoms with E-state index >= 15 is 0 Å². The first-order valence-electron chi connectivity index (χ1n) is 9.71. The summed E-state index contributed by atoms with van der Waals surface area (Å²) < 4.78 is 1.42. The lowest BCUT2D eigenvalue weighted by atomic mass is 9.83. The molecule has 3 aromatic rings. The molecule has 1 saturated heterocycles. The molecule has 4 heterocycles. The maximum absolute atomic E-state index is 13.1. The van der Waals surface area contributed by atoms with Crippen LogP contribution >= 0.6 is 11.6 Å². The molecule has 0 bridgehead atoms. The van der Waals surface area contributed by atoms with Crippen molar-refractivity contribution >= 4 is 39.8 Å². The minimum atomic E-state index is -0.645. The van der Waals surface area contributed by atoms with Crippen LogP contribution in [0.25, 0.3) is 11.0 Å². The van der Waals surface area contributed by atoms with Gasteiger partial charge in [0.1, 0.15) is 27.8 Å². The first kappa shape index (κ1) is 18.6. The van der Waals surface area contributed by atoms with Gasteiger partial charge in [-0.15, -0.1) is 0 Å². The number of fused-ring (bicyclic) bond motifs is 2. The number of pyridine rings is 2. The molecule has 2 aromatic heterocycles. The zero-order chi connectivity index (χ0) is 21.0. The summed E-state index contributed by atoms with van der Waals surface area (Å²) in [5, 5.41) is 13.4. The van der Waals surface area contributed by atoms with Crippen molar-refractivity contribution in [1.29, 1.82) is 5.26 Å². The number of carbonyl (C=O) groups is 1. The molecule has 0 unspecified atom stereocenters. The second-order valence-corrected chi connectivity index (χ2v) is 8.16. The van der Waals surface area contributed by atoms with Crippen LogP contribution in [0.3, 0.4) is 0 Å². The van der Waals surface area contributed by atoms with E-state index in [4.69, 9.17) is 11.6 Å². The fraction of sp³-hybridized carbons (Fsp3) is 0.273. The number of aromatic nitrogens is 2. The number of carbonyl (C=O) groups excluding carboxylic acids is 1. The van der Waals surface area contributed by atoms with Gasteiger partial charge in [0, 0.05) is 31.4 Å². The average molecular weight is 420 g/mol.